The maximum Gasteiger partial charge on any atom is 0.338 e. The molecule has 2 aromatic heterocycles. The number of hydrogen-bond donors (Lipinski definition) is 0. The molecule has 0 bridgehead atoms. The zero-order valence-corrected chi connectivity index (χ0v) is 24.5. The summed E-state index contributed by atoms with van der Waals surface area (Å²) in [7, 11) is 2.88. The van der Waals surface area contributed by atoms with E-state index in [0.29, 0.717) is 61.0 Å². The maximum absolute atomic E-state index is 14.0. The summed E-state index contributed by atoms with van der Waals surface area (Å²) in [5, 5.41) is 0. The lowest BCUT2D eigenvalue weighted by atomic mass is 9.93. The molecule has 4 aromatic rings. The molecule has 1 aliphatic rings. The van der Waals surface area contributed by atoms with Gasteiger partial charge in [-0.15, -0.1) is 0 Å². The van der Waals surface area contributed by atoms with E-state index >= 15 is 0 Å². The lowest BCUT2D eigenvalue weighted by Gasteiger charge is -2.26. The number of furan rings is 1. The molecule has 0 N–H and O–H groups in total. The van der Waals surface area contributed by atoms with E-state index in [1.807, 2.05) is 25.1 Å². The number of carbonyl (C=O) groups is 2. The van der Waals surface area contributed by atoms with E-state index in [1.54, 1.807) is 62.6 Å². The normalized spacial score (nSPS) is 14.8. The number of aromatic nitrogens is 1. The molecule has 0 saturated heterocycles. The first-order valence-electron chi connectivity index (χ1n) is 13.5. The standard InChI is InChI=1S/C32H30N2O7S/c1-5-11-23-27(31(37)40-6-2)28(22-14-9-10-15-24(22)38-3)34-29(35)26(42-32(34)33-23)18-19-16-17-25(41-19)20-12-7-8-13-21(20)30(36)39-4/h7-10,12-18,28H,5-6,11H2,1-4H3/b26-18+/t28-/m1/s1. The lowest BCUT2D eigenvalue weighted by Crippen LogP contribution is -2.40. The van der Waals surface area contributed by atoms with Gasteiger partial charge in [-0.2, -0.15) is 0 Å². The van der Waals surface area contributed by atoms with Crippen LogP contribution in [0.2, 0.25) is 0 Å². The number of allylic oxidation sites excluding steroid dienone is 1. The summed E-state index contributed by atoms with van der Waals surface area (Å²) >= 11 is 1.21. The van der Waals surface area contributed by atoms with Crippen LogP contribution in [0.3, 0.4) is 0 Å². The Hall–Kier alpha value is -4.70. The van der Waals surface area contributed by atoms with Crippen molar-refractivity contribution in [1.82, 2.24) is 4.57 Å². The SMILES string of the molecule is CCCC1=C(C(=O)OCC)[C@@H](c2ccccc2OC)n2c(s/c(=C/c3ccc(-c4ccccc4C(=O)OC)o3)c2=O)=N1. The van der Waals surface area contributed by atoms with Crippen LogP contribution in [-0.2, 0) is 14.3 Å². The first-order valence-corrected chi connectivity index (χ1v) is 14.4. The quantitative estimate of drug-likeness (QED) is 0.263. The van der Waals surface area contributed by atoms with Crippen molar-refractivity contribution in [3.63, 3.8) is 0 Å². The van der Waals surface area contributed by atoms with E-state index in [-0.39, 0.29) is 12.2 Å². The third-order valence-electron chi connectivity index (χ3n) is 6.82. The van der Waals surface area contributed by atoms with Crippen molar-refractivity contribution in [2.75, 3.05) is 20.8 Å². The third kappa shape index (κ3) is 5.33. The highest BCUT2D eigenvalue weighted by Gasteiger charge is 2.35. The average molecular weight is 587 g/mol. The molecule has 0 radical (unpaired) electrons. The van der Waals surface area contributed by atoms with E-state index in [4.69, 9.17) is 23.6 Å². The fourth-order valence-electron chi connectivity index (χ4n) is 5.00. The van der Waals surface area contributed by atoms with Crippen LogP contribution < -0.4 is 19.6 Å². The number of thiazole rings is 1. The van der Waals surface area contributed by atoms with Gasteiger partial charge in [-0.05, 0) is 37.6 Å². The van der Waals surface area contributed by atoms with Gasteiger partial charge in [0.25, 0.3) is 5.56 Å². The first-order chi connectivity index (χ1) is 20.4. The van der Waals surface area contributed by atoms with Gasteiger partial charge in [-0.1, -0.05) is 61.1 Å². The van der Waals surface area contributed by atoms with E-state index in [0.717, 1.165) is 6.42 Å². The number of para-hydroxylation sites is 1. The number of fused-ring (bicyclic) bond motifs is 1. The Morgan fingerprint density at radius 2 is 1.79 bits per heavy atom. The van der Waals surface area contributed by atoms with Crippen molar-refractivity contribution in [1.29, 1.82) is 0 Å². The molecule has 0 spiro atoms. The average Bonchev–Trinajstić information content (AvgIpc) is 3.60. The van der Waals surface area contributed by atoms with Gasteiger partial charge < -0.3 is 18.6 Å². The van der Waals surface area contributed by atoms with E-state index in [9.17, 15) is 14.4 Å². The minimum atomic E-state index is -0.792. The summed E-state index contributed by atoms with van der Waals surface area (Å²) in [6.07, 6.45) is 2.92. The van der Waals surface area contributed by atoms with Crippen LogP contribution in [-0.4, -0.2) is 37.3 Å². The van der Waals surface area contributed by atoms with E-state index in [2.05, 4.69) is 0 Å². The van der Waals surface area contributed by atoms with Crippen LogP contribution in [0.25, 0.3) is 17.4 Å². The molecule has 42 heavy (non-hydrogen) atoms. The van der Waals surface area contributed by atoms with Crippen LogP contribution in [0.4, 0.5) is 0 Å². The highest BCUT2D eigenvalue weighted by Crippen LogP contribution is 2.37. The fraction of sp³-hybridized carbons (Fsp3) is 0.250. The van der Waals surface area contributed by atoms with Gasteiger partial charge in [0.1, 0.15) is 23.3 Å². The number of ether oxygens (including phenoxy) is 3. The predicted molar refractivity (Wildman–Crippen MR) is 158 cm³/mol. The molecule has 10 heteroatoms. The van der Waals surface area contributed by atoms with Crippen molar-refractivity contribution in [3.05, 3.63) is 109 Å². The number of nitrogens with zero attached hydrogens (tertiary/aromatic N) is 2. The second-order valence-electron chi connectivity index (χ2n) is 9.39. The molecular formula is C32H30N2O7S. The molecule has 0 amide bonds. The molecule has 0 aliphatic carbocycles. The Morgan fingerprint density at radius 3 is 2.52 bits per heavy atom. The molecular weight excluding hydrogens is 556 g/mol. The predicted octanol–water partition coefficient (Wildman–Crippen LogP) is 4.63. The first kappa shape index (κ1) is 28.8. The smallest absolute Gasteiger partial charge is 0.338 e. The molecule has 216 valence electrons. The van der Waals surface area contributed by atoms with Crippen LogP contribution >= 0.6 is 11.3 Å². The van der Waals surface area contributed by atoms with Crippen molar-refractivity contribution >= 4 is 29.4 Å². The van der Waals surface area contributed by atoms with Crippen LogP contribution in [0.15, 0.2) is 86.1 Å². The summed E-state index contributed by atoms with van der Waals surface area (Å²) in [6, 6.07) is 17.0. The van der Waals surface area contributed by atoms with Crippen molar-refractivity contribution in [2.45, 2.75) is 32.7 Å². The molecule has 1 aliphatic heterocycles. The highest BCUT2D eigenvalue weighted by atomic mass is 32.1. The van der Waals surface area contributed by atoms with E-state index < -0.39 is 18.0 Å². The number of methoxy groups -OCH3 is 2. The molecule has 1 atom stereocenters. The Kier molecular flexibility index (Phi) is 8.53. The number of rotatable bonds is 9. The Morgan fingerprint density at radius 1 is 1.02 bits per heavy atom. The lowest BCUT2D eigenvalue weighted by molar-refractivity contribution is -0.139. The van der Waals surface area contributed by atoms with Crippen LogP contribution in [0.1, 0.15) is 54.4 Å². The molecule has 3 heterocycles. The monoisotopic (exact) mass is 586 g/mol. The van der Waals surface area contributed by atoms with Gasteiger partial charge in [-0.25, -0.2) is 14.6 Å². The Balaban J connectivity index is 1.68. The zero-order valence-electron chi connectivity index (χ0n) is 23.7. The summed E-state index contributed by atoms with van der Waals surface area (Å²) in [4.78, 5) is 44.9. The third-order valence-corrected chi connectivity index (χ3v) is 7.81. The second-order valence-corrected chi connectivity index (χ2v) is 10.4. The van der Waals surface area contributed by atoms with Gasteiger partial charge in [0, 0.05) is 17.2 Å². The summed E-state index contributed by atoms with van der Waals surface area (Å²) in [6.45, 7) is 3.93. The second kappa shape index (κ2) is 12.4. The number of hydrogen-bond acceptors (Lipinski definition) is 9. The summed E-state index contributed by atoms with van der Waals surface area (Å²) < 4.78 is 24.0. The Labute approximate surface area is 246 Å². The van der Waals surface area contributed by atoms with Gasteiger partial charge in [0.05, 0.1) is 42.2 Å². The minimum absolute atomic E-state index is 0.185. The molecule has 0 unspecified atom stereocenters. The summed E-state index contributed by atoms with van der Waals surface area (Å²) in [5.41, 5.74) is 2.16. The fourth-order valence-corrected chi connectivity index (χ4v) is 6.00. The highest BCUT2D eigenvalue weighted by molar-refractivity contribution is 7.07. The maximum atomic E-state index is 14.0. The molecule has 9 nitrogen and oxygen atoms in total. The molecule has 0 saturated carbocycles. The van der Waals surface area contributed by atoms with E-state index in [1.165, 1.54) is 23.0 Å². The van der Waals surface area contributed by atoms with Gasteiger partial charge in [0.2, 0.25) is 0 Å². The molecule has 5 rings (SSSR count). The molecule has 2 aromatic carbocycles. The topological polar surface area (TPSA) is 109 Å². The molecule has 0 fully saturated rings. The van der Waals surface area contributed by atoms with Crippen LogP contribution in [0.5, 0.6) is 5.75 Å². The van der Waals surface area contributed by atoms with Crippen molar-refractivity contribution < 1.29 is 28.2 Å². The number of carbonyl (C=O) groups excluding carboxylic acids is 2. The number of benzene rings is 2. The number of esters is 2. The van der Waals surface area contributed by atoms with Gasteiger partial charge >= 0.3 is 11.9 Å². The van der Waals surface area contributed by atoms with Crippen LogP contribution in [0, 0.1) is 0 Å². The zero-order chi connectivity index (χ0) is 29.8. The van der Waals surface area contributed by atoms with Crippen molar-refractivity contribution in [2.24, 2.45) is 4.99 Å². The Bertz CT molecular complexity index is 1860. The summed E-state index contributed by atoms with van der Waals surface area (Å²) in [5.74, 6) is 0.416. The van der Waals surface area contributed by atoms with Gasteiger partial charge in [0.15, 0.2) is 4.80 Å². The van der Waals surface area contributed by atoms with Crippen molar-refractivity contribution in [3.8, 4) is 17.1 Å². The largest absolute Gasteiger partial charge is 0.496 e. The minimum Gasteiger partial charge on any atom is -0.496 e. The van der Waals surface area contributed by atoms with Gasteiger partial charge in [-0.3, -0.25) is 9.36 Å².